The molecule has 0 saturated carbocycles. The van der Waals surface area contributed by atoms with Gasteiger partial charge in [0.1, 0.15) is 0 Å². The molecular formula is C26H39N5O6. The highest BCUT2D eigenvalue weighted by molar-refractivity contribution is 5.95. The first kappa shape index (κ1) is 28.1. The molecule has 0 bridgehead atoms. The van der Waals surface area contributed by atoms with Crippen LogP contribution in [0.3, 0.4) is 0 Å². The quantitative estimate of drug-likeness (QED) is 0.484. The average Bonchev–Trinajstić information content (AvgIpc) is 3.14. The van der Waals surface area contributed by atoms with Crippen molar-refractivity contribution in [3.8, 4) is 11.5 Å². The van der Waals surface area contributed by atoms with E-state index in [1.165, 1.54) is 19.1 Å². The van der Waals surface area contributed by atoms with Crippen LogP contribution >= 0.6 is 0 Å². The van der Waals surface area contributed by atoms with E-state index in [0.29, 0.717) is 61.1 Å². The molecule has 2 aliphatic heterocycles. The summed E-state index contributed by atoms with van der Waals surface area (Å²) in [5, 5.41) is 5.87. The summed E-state index contributed by atoms with van der Waals surface area (Å²) in [6.07, 6.45) is 1.66. The number of likely N-dealkylation sites (N-methyl/N-ethyl adjacent to an activating group) is 1. The Bertz CT molecular complexity index is 1010. The SMILES string of the molecule is CCCNC(=O)N1CCCN(CC2=C(C(=O)OCC)C(c3cccc(OC)c3OC)NC(=O)N2C)CC1. The summed E-state index contributed by atoms with van der Waals surface area (Å²) in [5.74, 6) is 0.422. The standard InChI is InChI=1S/C26H39N5O6/c1-6-12-27-25(33)31-14-9-13-30(15-16-31)17-19-21(24(32)37-7-2)22(28-26(34)29(19)3)18-10-8-11-20(35-4)23(18)36-5/h8,10-11,22H,6-7,9,12-17H2,1-5H3,(H,27,33)(H,28,34). The summed E-state index contributed by atoms with van der Waals surface area (Å²) < 4.78 is 16.5. The van der Waals surface area contributed by atoms with Crippen LogP contribution in [0.25, 0.3) is 0 Å². The maximum Gasteiger partial charge on any atom is 0.338 e. The van der Waals surface area contributed by atoms with Gasteiger partial charge in [0.15, 0.2) is 11.5 Å². The van der Waals surface area contributed by atoms with Gasteiger partial charge in [0.05, 0.1) is 32.4 Å². The molecule has 2 aliphatic rings. The lowest BCUT2D eigenvalue weighted by Crippen LogP contribution is -2.49. The fraction of sp³-hybridized carbons (Fsp3) is 0.577. The molecule has 0 aliphatic carbocycles. The van der Waals surface area contributed by atoms with Crippen LogP contribution in [0, 0.1) is 0 Å². The zero-order chi connectivity index (χ0) is 26.9. The second kappa shape index (κ2) is 13.2. The fourth-order valence-corrected chi connectivity index (χ4v) is 4.66. The Balaban J connectivity index is 1.97. The van der Waals surface area contributed by atoms with E-state index in [9.17, 15) is 14.4 Å². The monoisotopic (exact) mass is 517 g/mol. The third kappa shape index (κ3) is 6.46. The molecule has 204 valence electrons. The van der Waals surface area contributed by atoms with Crippen molar-refractivity contribution in [2.75, 3.05) is 67.1 Å². The molecule has 3 rings (SSSR count). The third-order valence-electron chi connectivity index (χ3n) is 6.59. The topological polar surface area (TPSA) is 113 Å². The molecule has 0 radical (unpaired) electrons. The number of nitrogens with zero attached hydrogens (tertiary/aromatic N) is 3. The fourth-order valence-electron chi connectivity index (χ4n) is 4.66. The summed E-state index contributed by atoms with van der Waals surface area (Å²) in [5.41, 5.74) is 1.50. The van der Waals surface area contributed by atoms with Crippen molar-refractivity contribution in [2.45, 2.75) is 32.7 Å². The van der Waals surface area contributed by atoms with Crippen molar-refractivity contribution < 1.29 is 28.6 Å². The largest absolute Gasteiger partial charge is 0.493 e. The van der Waals surface area contributed by atoms with E-state index >= 15 is 0 Å². The molecule has 2 N–H and O–H groups in total. The number of benzene rings is 1. The normalized spacial score (nSPS) is 18.7. The summed E-state index contributed by atoms with van der Waals surface area (Å²) in [6.45, 7) is 7.50. The number of hydrogen-bond acceptors (Lipinski definition) is 7. The molecule has 37 heavy (non-hydrogen) atoms. The van der Waals surface area contributed by atoms with E-state index in [0.717, 1.165) is 19.4 Å². The van der Waals surface area contributed by atoms with Gasteiger partial charge in [-0.15, -0.1) is 0 Å². The maximum absolute atomic E-state index is 13.3. The number of hydrogen-bond donors (Lipinski definition) is 2. The molecule has 1 saturated heterocycles. The number of nitrogens with one attached hydrogen (secondary N) is 2. The second-order valence-electron chi connectivity index (χ2n) is 8.95. The van der Waals surface area contributed by atoms with E-state index < -0.39 is 12.0 Å². The van der Waals surface area contributed by atoms with Crippen LogP contribution in [0.1, 0.15) is 38.3 Å². The molecule has 1 unspecified atom stereocenters. The molecule has 1 aromatic rings. The van der Waals surface area contributed by atoms with E-state index in [1.807, 2.05) is 11.8 Å². The van der Waals surface area contributed by atoms with E-state index in [4.69, 9.17) is 14.2 Å². The molecule has 11 nitrogen and oxygen atoms in total. The summed E-state index contributed by atoms with van der Waals surface area (Å²) >= 11 is 0. The summed E-state index contributed by atoms with van der Waals surface area (Å²) in [6, 6.07) is 4.16. The van der Waals surface area contributed by atoms with E-state index in [-0.39, 0.29) is 18.7 Å². The Hall–Kier alpha value is -3.47. The molecule has 1 fully saturated rings. The van der Waals surface area contributed by atoms with E-state index in [2.05, 4.69) is 15.5 Å². The van der Waals surface area contributed by atoms with Crippen molar-refractivity contribution in [1.82, 2.24) is 25.3 Å². The predicted molar refractivity (Wildman–Crippen MR) is 139 cm³/mol. The van der Waals surface area contributed by atoms with Crippen LogP contribution in [-0.4, -0.2) is 99.9 Å². The van der Waals surface area contributed by atoms with Gasteiger partial charge in [-0.3, -0.25) is 9.80 Å². The van der Waals surface area contributed by atoms with Crippen molar-refractivity contribution >= 4 is 18.0 Å². The molecule has 2 heterocycles. The van der Waals surface area contributed by atoms with Crippen molar-refractivity contribution in [2.24, 2.45) is 0 Å². The highest BCUT2D eigenvalue weighted by atomic mass is 16.5. The Morgan fingerprint density at radius 3 is 2.57 bits per heavy atom. The van der Waals surface area contributed by atoms with Crippen LogP contribution < -0.4 is 20.1 Å². The van der Waals surface area contributed by atoms with Gasteiger partial charge in [-0.2, -0.15) is 0 Å². The number of rotatable bonds is 9. The Morgan fingerprint density at radius 2 is 1.89 bits per heavy atom. The number of ether oxygens (including phenoxy) is 3. The van der Waals surface area contributed by atoms with Gasteiger partial charge in [0, 0.05) is 57.6 Å². The van der Waals surface area contributed by atoms with Crippen molar-refractivity contribution in [1.29, 1.82) is 0 Å². The smallest absolute Gasteiger partial charge is 0.338 e. The zero-order valence-corrected chi connectivity index (χ0v) is 22.5. The highest BCUT2D eigenvalue weighted by Gasteiger charge is 2.39. The Kier molecular flexibility index (Phi) is 10.0. The van der Waals surface area contributed by atoms with Gasteiger partial charge < -0.3 is 29.7 Å². The number of carbonyl (C=O) groups excluding carboxylic acids is 3. The van der Waals surface area contributed by atoms with Crippen molar-refractivity contribution in [3.05, 3.63) is 35.0 Å². The van der Waals surface area contributed by atoms with Gasteiger partial charge in [0.25, 0.3) is 0 Å². The lowest BCUT2D eigenvalue weighted by atomic mass is 9.93. The molecule has 0 spiro atoms. The highest BCUT2D eigenvalue weighted by Crippen LogP contribution is 2.40. The summed E-state index contributed by atoms with van der Waals surface area (Å²) in [7, 11) is 4.70. The first-order valence-electron chi connectivity index (χ1n) is 12.8. The van der Waals surface area contributed by atoms with Crippen LogP contribution in [0.15, 0.2) is 29.5 Å². The predicted octanol–water partition coefficient (Wildman–Crippen LogP) is 2.34. The first-order chi connectivity index (χ1) is 17.9. The maximum atomic E-state index is 13.3. The third-order valence-corrected chi connectivity index (χ3v) is 6.59. The molecular weight excluding hydrogens is 478 g/mol. The molecule has 1 atom stereocenters. The zero-order valence-electron chi connectivity index (χ0n) is 22.5. The van der Waals surface area contributed by atoms with E-state index in [1.54, 1.807) is 32.2 Å². The molecule has 0 aromatic heterocycles. The van der Waals surface area contributed by atoms with Gasteiger partial charge in [-0.25, -0.2) is 14.4 Å². The summed E-state index contributed by atoms with van der Waals surface area (Å²) in [4.78, 5) is 44.4. The minimum atomic E-state index is -0.786. The van der Waals surface area contributed by atoms with Crippen LogP contribution in [0.2, 0.25) is 0 Å². The number of methoxy groups -OCH3 is 2. The van der Waals surface area contributed by atoms with Gasteiger partial charge in [-0.1, -0.05) is 19.1 Å². The van der Waals surface area contributed by atoms with Gasteiger partial charge in [0.2, 0.25) is 0 Å². The lowest BCUT2D eigenvalue weighted by molar-refractivity contribution is -0.139. The minimum Gasteiger partial charge on any atom is -0.493 e. The van der Waals surface area contributed by atoms with Crippen LogP contribution in [0.4, 0.5) is 9.59 Å². The lowest BCUT2D eigenvalue weighted by Gasteiger charge is -2.37. The first-order valence-corrected chi connectivity index (χ1v) is 12.8. The average molecular weight is 518 g/mol. The molecule has 4 amide bonds. The number of amides is 4. The Labute approximate surface area is 218 Å². The van der Waals surface area contributed by atoms with Crippen LogP contribution in [-0.2, 0) is 9.53 Å². The van der Waals surface area contributed by atoms with Crippen LogP contribution in [0.5, 0.6) is 11.5 Å². The van der Waals surface area contributed by atoms with Gasteiger partial charge >= 0.3 is 18.0 Å². The second-order valence-corrected chi connectivity index (χ2v) is 8.95. The van der Waals surface area contributed by atoms with Crippen molar-refractivity contribution in [3.63, 3.8) is 0 Å². The van der Waals surface area contributed by atoms with Gasteiger partial charge in [-0.05, 0) is 25.8 Å². The number of carbonyl (C=O) groups is 3. The molecule has 11 heteroatoms. The molecule has 1 aromatic carbocycles. The minimum absolute atomic E-state index is 0.0607. The number of urea groups is 2. The number of esters is 1. The Morgan fingerprint density at radius 1 is 1.11 bits per heavy atom. The number of para-hydroxylation sites is 1.